The molecule has 0 unspecified atom stereocenters. The van der Waals surface area contributed by atoms with Crippen LogP contribution in [0.5, 0.6) is 5.75 Å². The van der Waals surface area contributed by atoms with Crippen LogP contribution in [0.25, 0.3) is 0 Å². The Hall–Kier alpha value is -2.00. The topological polar surface area (TPSA) is 38.3 Å². The summed E-state index contributed by atoms with van der Waals surface area (Å²) in [5.41, 5.74) is 2.30. The molecule has 0 spiro atoms. The van der Waals surface area contributed by atoms with Crippen LogP contribution >= 0.6 is 11.6 Å². The van der Waals surface area contributed by atoms with Gasteiger partial charge >= 0.3 is 0 Å². The summed E-state index contributed by atoms with van der Waals surface area (Å²) >= 11 is 5.91. The Kier molecular flexibility index (Phi) is 6.27. The minimum Gasteiger partial charge on any atom is -0.492 e. The zero-order valence-corrected chi connectivity index (χ0v) is 15.2. The average molecular weight is 346 g/mol. The van der Waals surface area contributed by atoms with Crippen LogP contribution in [0.1, 0.15) is 31.9 Å². The molecular formula is C20H24ClNO2. The first kappa shape index (κ1) is 18.3. The van der Waals surface area contributed by atoms with Crippen LogP contribution in [0, 0.1) is 0 Å². The molecule has 0 heterocycles. The van der Waals surface area contributed by atoms with E-state index in [4.69, 9.17) is 16.3 Å². The second-order valence-electron chi connectivity index (χ2n) is 6.78. The molecule has 0 fully saturated rings. The Labute approximate surface area is 149 Å². The van der Waals surface area contributed by atoms with Crippen molar-refractivity contribution >= 4 is 17.5 Å². The highest BCUT2D eigenvalue weighted by atomic mass is 35.5. The summed E-state index contributed by atoms with van der Waals surface area (Å²) in [5, 5.41) is 3.49. The van der Waals surface area contributed by atoms with E-state index in [9.17, 15) is 4.79 Å². The van der Waals surface area contributed by atoms with Gasteiger partial charge in [0.25, 0.3) is 0 Å². The monoisotopic (exact) mass is 345 g/mol. The van der Waals surface area contributed by atoms with Gasteiger partial charge in [-0.15, -0.1) is 0 Å². The van der Waals surface area contributed by atoms with Crippen molar-refractivity contribution in [1.29, 1.82) is 0 Å². The molecule has 0 aromatic heterocycles. The van der Waals surface area contributed by atoms with E-state index in [0.717, 1.165) is 11.3 Å². The van der Waals surface area contributed by atoms with Crippen molar-refractivity contribution in [2.75, 3.05) is 13.2 Å². The molecule has 2 aromatic rings. The van der Waals surface area contributed by atoms with Crippen LogP contribution in [0.15, 0.2) is 48.5 Å². The second kappa shape index (κ2) is 8.20. The molecule has 24 heavy (non-hydrogen) atoms. The fraction of sp³-hybridized carbons (Fsp3) is 0.350. The Morgan fingerprint density at radius 1 is 1.12 bits per heavy atom. The fourth-order valence-corrected chi connectivity index (χ4v) is 2.52. The van der Waals surface area contributed by atoms with Crippen molar-refractivity contribution < 1.29 is 9.53 Å². The largest absolute Gasteiger partial charge is 0.492 e. The normalized spacial score (nSPS) is 11.2. The Morgan fingerprint density at radius 3 is 2.46 bits per heavy atom. The van der Waals surface area contributed by atoms with Gasteiger partial charge in [0, 0.05) is 5.02 Å². The lowest BCUT2D eigenvalue weighted by Crippen LogP contribution is -2.29. The summed E-state index contributed by atoms with van der Waals surface area (Å²) in [7, 11) is 0. The molecule has 0 saturated heterocycles. The number of nitrogens with one attached hydrogen (secondary N) is 1. The predicted molar refractivity (Wildman–Crippen MR) is 98.8 cm³/mol. The molecule has 2 rings (SSSR count). The van der Waals surface area contributed by atoms with Crippen LogP contribution in [-0.2, 0) is 16.6 Å². The highest BCUT2D eigenvalue weighted by Gasteiger charge is 2.12. The standard InChI is InChI=1S/C20H24ClNO2/c1-20(2,3)16-7-9-18(10-8-16)24-12-11-22-19(23)14-15-5-4-6-17(21)13-15/h4-10,13H,11-12,14H2,1-3H3,(H,22,23). The summed E-state index contributed by atoms with van der Waals surface area (Å²) in [6.07, 6.45) is 0.320. The number of carbonyl (C=O) groups is 1. The molecule has 0 aliphatic rings. The van der Waals surface area contributed by atoms with Gasteiger partial charge in [0.15, 0.2) is 0 Å². The minimum atomic E-state index is -0.0380. The number of ether oxygens (including phenoxy) is 1. The smallest absolute Gasteiger partial charge is 0.224 e. The summed E-state index contributed by atoms with van der Waals surface area (Å²) in [6, 6.07) is 15.4. The second-order valence-corrected chi connectivity index (χ2v) is 7.22. The molecule has 0 saturated carbocycles. The highest BCUT2D eigenvalue weighted by Crippen LogP contribution is 2.24. The zero-order chi connectivity index (χ0) is 17.6. The van der Waals surface area contributed by atoms with Crippen molar-refractivity contribution in [2.24, 2.45) is 0 Å². The van der Waals surface area contributed by atoms with Gasteiger partial charge in [-0.25, -0.2) is 0 Å². The molecule has 1 N–H and O–H groups in total. The van der Waals surface area contributed by atoms with Crippen molar-refractivity contribution in [3.63, 3.8) is 0 Å². The highest BCUT2D eigenvalue weighted by molar-refractivity contribution is 6.30. The summed E-state index contributed by atoms with van der Waals surface area (Å²) in [6.45, 7) is 7.45. The van der Waals surface area contributed by atoms with Gasteiger partial charge < -0.3 is 10.1 Å². The quantitative estimate of drug-likeness (QED) is 0.789. The van der Waals surface area contributed by atoms with Gasteiger partial charge in [-0.1, -0.05) is 56.6 Å². The molecule has 0 aliphatic carbocycles. The van der Waals surface area contributed by atoms with Gasteiger partial charge in [-0.2, -0.15) is 0 Å². The first-order valence-corrected chi connectivity index (χ1v) is 8.47. The van der Waals surface area contributed by atoms with E-state index in [1.807, 2.05) is 24.3 Å². The molecular weight excluding hydrogens is 322 g/mol. The van der Waals surface area contributed by atoms with E-state index in [-0.39, 0.29) is 11.3 Å². The maximum Gasteiger partial charge on any atom is 0.224 e. The maximum absolute atomic E-state index is 11.9. The molecule has 4 heteroatoms. The van der Waals surface area contributed by atoms with E-state index in [1.54, 1.807) is 12.1 Å². The number of rotatable bonds is 6. The fourth-order valence-electron chi connectivity index (χ4n) is 2.31. The molecule has 128 valence electrons. The molecule has 2 aromatic carbocycles. The molecule has 3 nitrogen and oxygen atoms in total. The molecule has 0 radical (unpaired) electrons. The van der Waals surface area contributed by atoms with Crippen molar-refractivity contribution in [3.05, 3.63) is 64.7 Å². The van der Waals surface area contributed by atoms with Gasteiger partial charge in [0.05, 0.1) is 13.0 Å². The SMILES string of the molecule is CC(C)(C)c1ccc(OCCNC(=O)Cc2cccc(Cl)c2)cc1. The number of benzene rings is 2. The van der Waals surface area contributed by atoms with Crippen LogP contribution in [-0.4, -0.2) is 19.1 Å². The zero-order valence-electron chi connectivity index (χ0n) is 14.4. The first-order chi connectivity index (χ1) is 11.3. The van der Waals surface area contributed by atoms with Crippen LogP contribution in [0.3, 0.4) is 0 Å². The Morgan fingerprint density at radius 2 is 1.83 bits per heavy atom. The summed E-state index contributed by atoms with van der Waals surface area (Å²) in [4.78, 5) is 11.9. The van der Waals surface area contributed by atoms with E-state index in [1.165, 1.54) is 5.56 Å². The van der Waals surface area contributed by atoms with Crippen LogP contribution < -0.4 is 10.1 Å². The van der Waals surface area contributed by atoms with Crippen LogP contribution in [0.4, 0.5) is 0 Å². The predicted octanol–water partition coefficient (Wildman–Crippen LogP) is 4.38. The Bertz CT molecular complexity index is 675. The molecule has 0 atom stereocenters. The third-order valence-electron chi connectivity index (χ3n) is 3.67. The maximum atomic E-state index is 11.9. The van der Waals surface area contributed by atoms with Crippen LogP contribution in [0.2, 0.25) is 5.02 Å². The van der Waals surface area contributed by atoms with Crippen molar-refractivity contribution in [3.8, 4) is 5.75 Å². The molecule has 1 amide bonds. The average Bonchev–Trinajstić information content (AvgIpc) is 2.51. The minimum absolute atomic E-state index is 0.0380. The first-order valence-electron chi connectivity index (χ1n) is 8.09. The number of hydrogen-bond donors (Lipinski definition) is 1. The summed E-state index contributed by atoms with van der Waals surface area (Å²) in [5.74, 6) is 0.774. The van der Waals surface area contributed by atoms with E-state index in [2.05, 4.69) is 38.2 Å². The number of amides is 1. The van der Waals surface area contributed by atoms with Gasteiger partial charge in [0.1, 0.15) is 12.4 Å². The molecule has 0 bridgehead atoms. The van der Waals surface area contributed by atoms with Gasteiger partial charge in [0.2, 0.25) is 5.91 Å². The summed E-state index contributed by atoms with van der Waals surface area (Å²) < 4.78 is 5.66. The number of carbonyl (C=O) groups excluding carboxylic acids is 1. The lowest BCUT2D eigenvalue weighted by Gasteiger charge is -2.19. The lowest BCUT2D eigenvalue weighted by molar-refractivity contribution is -0.120. The number of hydrogen-bond acceptors (Lipinski definition) is 2. The lowest BCUT2D eigenvalue weighted by atomic mass is 9.87. The van der Waals surface area contributed by atoms with E-state index in [0.29, 0.717) is 24.6 Å². The molecule has 0 aliphatic heterocycles. The third-order valence-corrected chi connectivity index (χ3v) is 3.90. The van der Waals surface area contributed by atoms with Gasteiger partial charge in [-0.3, -0.25) is 4.79 Å². The third kappa shape index (κ3) is 5.89. The van der Waals surface area contributed by atoms with E-state index < -0.39 is 0 Å². The van der Waals surface area contributed by atoms with Crippen molar-refractivity contribution in [1.82, 2.24) is 5.32 Å². The van der Waals surface area contributed by atoms with Gasteiger partial charge in [-0.05, 0) is 40.8 Å². The number of halogens is 1. The van der Waals surface area contributed by atoms with Crippen molar-refractivity contribution in [2.45, 2.75) is 32.6 Å². The van der Waals surface area contributed by atoms with E-state index >= 15 is 0 Å². The Balaban J connectivity index is 1.71.